The van der Waals surface area contributed by atoms with E-state index in [-0.39, 0.29) is 42.6 Å². The van der Waals surface area contributed by atoms with Crippen molar-refractivity contribution in [3.8, 4) is 0 Å². The Bertz CT molecular complexity index is 852. The molecule has 0 heterocycles. The fraction of sp³-hybridized carbons (Fsp3) is 0.640. The fourth-order valence-electron chi connectivity index (χ4n) is 3.31. The van der Waals surface area contributed by atoms with E-state index in [1.54, 1.807) is 20.8 Å². The van der Waals surface area contributed by atoms with Crippen LogP contribution in [0.2, 0.25) is 0 Å². The molecule has 0 aliphatic carbocycles. The molecule has 2 unspecified atom stereocenters. The van der Waals surface area contributed by atoms with Crippen molar-refractivity contribution >= 4 is 35.0 Å². The molecular weight excluding hydrogens is 506 g/mol. The molecule has 11 nitrogen and oxygen atoms in total. The van der Waals surface area contributed by atoms with Gasteiger partial charge in [-0.1, -0.05) is 46.2 Å². The van der Waals surface area contributed by atoms with Crippen LogP contribution in [0.5, 0.6) is 0 Å². The van der Waals surface area contributed by atoms with E-state index in [9.17, 15) is 24.6 Å². The first-order valence-corrected chi connectivity index (χ1v) is 12.9. The Kier molecular flexibility index (Phi) is 20.7. The van der Waals surface area contributed by atoms with Crippen LogP contribution >= 0.6 is 11.6 Å². The number of hydrogen-bond acceptors (Lipinski definition) is 8. The number of carbonyl (C=O) groups is 3. The molecule has 0 aliphatic rings. The van der Waals surface area contributed by atoms with Crippen LogP contribution in [0.1, 0.15) is 72.0 Å². The van der Waals surface area contributed by atoms with Gasteiger partial charge in [0.25, 0.3) is 11.8 Å². The van der Waals surface area contributed by atoms with Crippen molar-refractivity contribution in [1.29, 1.82) is 0 Å². The maximum absolute atomic E-state index is 13.0. The number of rotatable bonds is 13. The summed E-state index contributed by atoms with van der Waals surface area (Å²) in [7, 11) is 0. The molecule has 0 spiro atoms. The van der Waals surface area contributed by atoms with Gasteiger partial charge >= 0.3 is 0 Å². The van der Waals surface area contributed by atoms with Gasteiger partial charge in [-0.05, 0) is 37.0 Å². The Morgan fingerprint density at radius 2 is 1.32 bits per heavy atom. The highest BCUT2D eigenvalue weighted by Crippen LogP contribution is 2.32. The maximum atomic E-state index is 13.0. The van der Waals surface area contributed by atoms with Gasteiger partial charge in [0.15, 0.2) is 0 Å². The van der Waals surface area contributed by atoms with Crippen molar-refractivity contribution in [2.24, 2.45) is 0 Å². The van der Waals surface area contributed by atoms with Crippen molar-refractivity contribution < 1.29 is 39.5 Å². The number of benzene rings is 1. The van der Waals surface area contributed by atoms with Crippen LogP contribution in [-0.4, -0.2) is 89.3 Å². The Labute approximate surface area is 224 Å². The second kappa shape index (κ2) is 20.7. The zero-order chi connectivity index (χ0) is 29.1. The van der Waals surface area contributed by atoms with Crippen LogP contribution in [0, 0.1) is 13.8 Å². The molecule has 12 heteroatoms. The van der Waals surface area contributed by atoms with E-state index in [1.807, 2.05) is 27.7 Å². The highest BCUT2D eigenvalue weighted by molar-refractivity contribution is 6.17. The van der Waals surface area contributed by atoms with Crippen molar-refractivity contribution in [2.45, 2.75) is 67.1 Å². The molecule has 0 fully saturated rings. The van der Waals surface area contributed by atoms with Crippen LogP contribution < -0.4 is 16.0 Å². The summed E-state index contributed by atoms with van der Waals surface area (Å²) in [6.45, 7) is 11.1. The Balaban J connectivity index is 0. The summed E-state index contributed by atoms with van der Waals surface area (Å²) < 4.78 is 4.91. The molecule has 1 aromatic carbocycles. The standard InChI is InChI=1S/C21H32ClN3O8.2C2H6/c1-4-15-18(21(32)24-6-14(29)8-27)11(2)17(20(31)23-5-13(28)7-26)12(3)19(15)25-16(30)9-33-10-22;2*1-2/h13-14,26-29H,4-10H2,1-3H3,(H,23,31)(H,24,32)(H,25,30);2*1-2H3. The second-order valence-electron chi connectivity index (χ2n) is 7.31. The Hall–Kier alpha value is -2.28. The van der Waals surface area contributed by atoms with Crippen LogP contribution in [0.15, 0.2) is 0 Å². The average Bonchev–Trinajstić information content (AvgIpc) is 2.92. The van der Waals surface area contributed by atoms with Gasteiger partial charge in [-0.2, -0.15) is 0 Å². The van der Waals surface area contributed by atoms with Crippen LogP contribution in [-0.2, 0) is 16.0 Å². The largest absolute Gasteiger partial charge is 0.394 e. The smallest absolute Gasteiger partial charge is 0.252 e. The minimum atomic E-state index is -1.17. The fourth-order valence-corrected chi connectivity index (χ4v) is 3.39. The number of anilines is 1. The molecule has 0 aromatic heterocycles. The summed E-state index contributed by atoms with van der Waals surface area (Å²) >= 11 is 5.45. The third kappa shape index (κ3) is 11.8. The average molecular weight is 550 g/mol. The summed E-state index contributed by atoms with van der Waals surface area (Å²) in [5.41, 5.74) is 1.69. The normalized spacial score (nSPS) is 11.7. The third-order valence-electron chi connectivity index (χ3n) is 4.90. The SMILES string of the molecule is CC.CC.CCc1c(NC(=O)COCCl)c(C)c(C(=O)NCC(O)CO)c(C)c1C(=O)NCC(O)CO. The molecule has 0 aliphatic heterocycles. The van der Waals surface area contributed by atoms with Gasteiger partial charge in [0.1, 0.15) is 12.7 Å². The lowest BCUT2D eigenvalue weighted by atomic mass is 9.88. The summed E-state index contributed by atoms with van der Waals surface area (Å²) in [4.78, 5) is 38.3. The van der Waals surface area contributed by atoms with Gasteiger partial charge in [-0.3, -0.25) is 14.4 Å². The molecule has 1 rings (SSSR count). The van der Waals surface area contributed by atoms with Gasteiger partial charge in [-0.25, -0.2) is 0 Å². The molecular formula is C25H44ClN3O8. The number of alkyl halides is 1. The van der Waals surface area contributed by atoms with E-state index in [2.05, 4.69) is 16.0 Å². The molecule has 0 saturated carbocycles. The first-order valence-electron chi connectivity index (χ1n) is 12.4. The lowest BCUT2D eigenvalue weighted by molar-refractivity contribution is -0.119. The van der Waals surface area contributed by atoms with E-state index >= 15 is 0 Å². The van der Waals surface area contributed by atoms with Crippen LogP contribution in [0.4, 0.5) is 5.69 Å². The van der Waals surface area contributed by atoms with Gasteiger partial charge < -0.3 is 41.1 Å². The van der Waals surface area contributed by atoms with Crippen LogP contribution in [0.3, 0.4) is 0 Å². The number of aliphatic hydroxyl groups excluding tert-OH is 4. The summed E-state index contributed by atoms with van der Waals surface area (Å²) in [5.74, 6) is -1.76. The lowest BCUT2D eigenvalue weighted by Gasteiger charge is -2.23. The number of halogens is 1. The van der Waals surface area contributed by atoms with Gasteiger partial charge in [0.2, 0.25) is 5.91 Å². The van der Waals surface area contributed by atoms with E-state index in [0.29, 0.717) is 23.1 Å². The van der Waals surface area contributed by atoms with E-state index in [1.165, 1.54) is 0 Å². The number of amides is 3. The number of nitrogens with one attached hydrogen (secondary N) is 3. The summed E-state index contributed by atoms with van der Waals surface area (Å²) in [5, 5.41) is 44.8. The minimum absolute atomic E-state index is 0.110. The quantitative estimate of drug-likeness (QED) is 0.180. The molecule has 1 aromatic rings. The Morgan fingerprint density at radius 3 is 1.73 bits per heavy atom. The lowest BCUT2D eigenvalue weighted by Crippen LogP contribution is -2.37. The number of hydrogen-bond donors (Lipinski definition) is 7. The summed E-state index contributed by atoms with van der Waals surface area (Å²) in [6.07, 6.45) is -2.01. The predicted octanol–water partition coefficient (Wildman–Crippen LogP) is 1.24. The number of aliphatic hydroxyl groups is 4. The molecule has 7 N–H and O–H groups in total. The molecule has 0 saturated heterocycles. The zero-order valence-electron chi connectivity index (χ0n) is 22.9. The van der Waals surface area contributed by atoms with E-state index in [4.69, 9.17) is 26.6 Å². The van der Waals surface area contributed by atoms with Crippen molar-refractivity contribution in [3.05, 3.63) is 27.8 Å². The monoisotopic (exact) mass is 549 g/mol. The second-order valence-corrected chi connectivity index (χ2v) is 7.52. The van der Waals surface area contributed by atoms with Gasteiger partial charge in [-0.15, -0.1) is 0 Å². The molecule has 3 amide bonds. The maximum Gasteiger partial charge on any atom is 0.252 e. The Morgan fingerprint density at radius 1 is 0.865 bits per heavy atom. The predicted molar refractivity (Wildman–Crippen MR) is 144 cm³/mol. The molecule has 37 heavy (non-hydrogen) atoms. The molecule has 0 bridgehead atoms. The van der Waals surface area contributed by atoms with Gasteiger partial charge in [0, 0.05) is 29.9 Å². The number of ether oxygens (including phenoxy) is 1. The highest BCUT2D eigenvalue weighted by Gasteiger charge is 2.27. The van der Waals surface area contributed by atoms with Crippen LogP contribution in [0.25, 0.3) is 0 Å². The molecule has 2 atom stereocenters. The first-order chi connectivity index (χ1) is 17.6. The van der Waals surface area contributed by atoms with E-state index in [0.717, 1.165) is 0 Å². The van der Waals surface area contributed by atoms with Crippen molar-refractivity contribution in [1.82, 2.24) is 10.6 Å². The number of carbonyl (C=O) groups excluding carboxylic acids is 3. The highest BCUT2D eigenvalue weighted by atomic mass is 35.5. The topological polar surface area (TPSA) is 177 Å². The molecule has 0 radical (unpaired) electrons. The zero-order valence-corrected chi connectivity index (χ0v) is 23.7. The minimum Gasteiger partial charge on any atom is -0.394 e. The van der Waals surface area contributed by atoms with Crippen molar-refractivity contribution in [2.75, 3.05) is 44.3 Å². The first kappa shape index (κ1) is 36.9. The van der Waals surface area contributed by atoms with E-state index < -0.39 is 43.1 Å². The van der Waals surface area contributed by atoms with Crippen molar-refractivity contribution in [3.63, 3.8) is 0 Å². The van der Waals surface area contributed by atoms with Gasteiger partial charge in [0.05, 0.1) is 25.4 Å². The third-order valence-corrected chi connectivity index (χ3v) is 5.06. The summed E-state index contributed by atoms with van der Waals surface area (Å²) in [6, 6.07) is -0.192. The molecule has 214 valence electrons.